The fraction of sp³-hybridized carbons (Fsp3) is 0.300. The Morgan fingerprint density at radius 1 is 1.56 bits per heavy atom. The van der Waals surface area contributed by atoms with Crippen molar-refractivity contribution in [2.24, 2.45) is 0 Å². The summed E-state index contributed by atoms with van der Waals surface area (Å²) >= 11 is 0. The van der Waals surface area contributed by atoms with E-state index in [-0.39, 0.29) is 17.5 Å². The first-order valence-corrected chi connectivity index (χ1v) is 4.82. The number of hydrogen-bond donors (Lipinski definition) is 2. The van der Waals surface area contributed by atoms with Crippen LogP contribution in [0.5, 0.6) is 5.88 Å². The zero-order valence-corrected chi connectivity index (χ0v) is 8.89. The summed E-state index contributed by atoms with van der Waals surface area (Å²) in [6, 6.07) is 1.49. The highest BCUT2D eigenvalue weighted by atomic mass is 16.5. The summed E-state index contributed by atoms with van der Waals surface area (Å²) in [5.41, 5.74) is 0.489. The van der Waals surface area contributed by atoms with Gasteiger partial charge in [0.15, 0.2) is 5.65 Å². The van der Waals surface area contributed by atoms with E-state index >= 15 is 0 Å². The average Bonchev–Trinajstić information content (AvgIpc) is 2.62. The molecule has 84 valence electrons. The fourth-order valence-electron chi connectivity index (χ4n) is 1.33. The molecule has 6 nitrogen and oxygen atoms in total. The van der Waals surface area contributed by atoms with Gasteiger partial charge in [0.25, 0.3) is 0 Å². The molecule has 2 aromatic rings. The zero-order valence-electron chi connectivity index (χ0n) is 8.89. The number of carbonyl (C=O) groups is 1. The average molecular weight is 221 g/mol. The van der Waals surface area contributed by atoms with Crippen LogP contribution in [0.3, 0.4) is 0 Å². The molecule has 0 aliphatic heterocycles. The molecule has 2 heterocycles. The third kappa shape index (κ3) is 1.81. The predicted molar refractivity (Wildman–Crippen MR) is 56.6 cm³/mol. The summed E-state index contributed by atoms with van der Waals surface area (Å²) in [5.74, 6) is -0.964. The van der Waals surface area contributed by atoms with Crippen LogP contribution in [0.1, 0.15) is 24.2 Å². The van der Waals surface area contributed by atoms with Gasteiger partial charge in [0.1, 0.15) is 5.56 Å². The number of nitrogens with one attached hydrogen (secondary N) is 1. The monoisotopic (exact) mass is 221 g/mol. The SMILES string of the molecule is CC(C)Oc1nc2n[nH]cc2cc1C(=O)O. The van der Waals surface area contributed by atoms with Crippen LogP contribution in [0, 0.1) is 0 Å². The summed E-state index contributed by atoms with van der Waals surface area (Å²) in [4.78, 5) is 15.1. The number of hydrogen-bond acceptors (Lipinski definition) is 4. The molecule has 0 radical (unpaired) electrons. The number of rotatable bonds is 3. The van der Waals surface area contributed by atoms with Gasteiger partial charge in [-0.2, -0.15) is 10.1 Å². The van der Waals surface area contributed by atoms with Crippen LogP contribution in [0.2, 0.25) is 0 Å². The molecule has 0 saturated heterocycles. The summed E-state index contributed by atoms with van der Waals surface area (Å²) in [6.45, 7) is 3.62. The molecule has 0 bridgehead atoms. The van der Waals surface area contributed by atoms with Crippen molar-refractivity contribution < 1.29 is 14.6 Å². The highest BCUT2D eigenvalue weighted by molar-refractivity contribution is 5.94. The van der Waals surface area contributed by atoms with E-state index in [0.717, 1.165) is 0 Å². The normalized spacial score (nSPS) is 10.9. The Morgan fingerprint density at radius 2 is 2.31 bits per heavy atom. The number of carboxylic acids is 1. The first kappa shape index (κ1) is 10.4. The molecule has 16 heavy (non-hydrogen) atoms. The van der Waals surface area contributed by atoms with Crippen LogP contribution < -0.4 is 4.74 Å². The van der Waals surface area contributed by atoms with Crippen molar-refractivity contribution in [1.82, 2.24) is 15.2 Å². The van der Waals surface area contributed by atoms with Crippen LogP contribution >= 0.6 is 0 Å². The van der Waals surface area contributed by atoms with Gasteiger partial charge in [0.05, 0.1) is 6.10 Å². The van der Waals surface area contributed by atoms with Crippen LogP contribution in [0.15, 0.2) is 12.3 Å². The summed E-state index contributed by atoms with van der Waals surface area (Å²) in [6.07, 6.45) is 1.45. The number of pyridine rings is 1. The second-order valence-electron chi connectivity index (χ2n) is 3.61. The van der Waals surface area contributed by atoms with Crippen molar-refractivity contribution in [1.29, 1.82) is 0 Å². The van der Waals surface area contributed by atoms with E-state index in [4.69, 9.17) is 9.84 Å². The number of aromatic carboxylic acids is 1. The molecule has 0 unspecified atom stereocenters. The number of H-pyrrole nitrogens is 1. The van der Waals surface area contributed by atoms with Crippen LogP contribution in [0.4, 0.5) is 0 Å². The summed E-state index contributed by atoms with van der Waals surface area (Å²) < 4.78 is 5.34. The Bertz CT molecular complexity index is 533. The number of carboxylic acid groups (broad SMARTS) is 1. The Morgan fingerprint density at radius 3 is 2.94 bits per heavy atom. The lowest BCUT2D eigenvalue weighted by atomic mass is 10.2. The van der Waals surface area contributed by atoms with E-state index in [0.29, 0.717) is 11.0 Å². The Hall–Kier alpha value is -2.11. The largest absolute Gasteiger partial charge is 0.477 e. The topological polar surface area (TPSA) is 88.1 Å². The minimum atomic E-state index is -1.06. The molecule has 0 atom stereocenters. The van der Waals surface area contributed by atoms with Gasteiger partial charge >= 0.3 is 5.97 Å². The quantitative estimate of drug-likeness (QED) is 0.818. The Balaban J connectivity index is 2.57. The van der Waals surface area contributed by atoms with Gasteiger partial charge in [-0.3, -0.25) is 5.10 Å². The van der Waals surface area contributed by atoms with Gasteiger partial charge in [-0.25, -0.2) is 4.79 Å². The second-order valence-corrected chi connectivity index (χ2v) is 3.61. The first-order valence-electron chi connectivity index (χ1n) is 4.82. The lowest BCUT2D eigenvalue weighted by Crippen LogP contribution is -2.11. The number of aromatic amines is 1. The van der Waals surface area contributed by atoms with Crippen molar-refractivity contribution in [3.8, 4) is 5.88 Å². The minimum absolute atomic E-state index is 0.0441. The lowest BCUT2D eigenvalue weighted by Gasteiger charge is -2.10. The molecule has 0 amide bonds. The van der Waals surface area contributed by atoms with Crippen molar-refractivity contribution in [3.63, 3.8) is 0 Å². The molecule has 0 spiro atoms. The van der Waals surface area contributed by atoms with E-state index in [2.05, 4.69) is 15.2 Å². The number of aromatic nitrogens is 3. The highest BCUT2D eigenvalue weighted by Gasteiger charge is 2.16. The molecular weight excluding hydrogens is 210 g/mol. The fourth-order valence-corrected chi connectivity index (χ4v) is 1.33. The van der Waals surface area contributed by atoms with Gasteiger partial charge in [-0.1, -0.05) is 0 Å². The third-order valence-electron chi connectivity index (χ3n) is 1.96. The van der Waals surface area contributed by atoms with Gasteiger partial charge in [0.2, 0.25) is 5.88 Å². The van der Waals surface area contributed by atoms with Crippen molar-refractivity contribution in [2.75, 3.05) is 0 Å². The Kier molecular flexibility index (Phi) is 2.47. The molecule has 0 fully saturated rings. The number of ether oxygens (including phenoxy) is 1. The molecule has 0 aliphatic rings. The molecule has 2 N–H and O–H groups in total. The smallest absolute Gasteiger partial charge is 0.341 e. The standard InChI is InChI=1S/C10H11N3O3/c1-5(2)16-9-7(10(14)15)3-6-4-11-13-8(6)12-9/h3-5H,1-2H3,(H,14,15)(H,11,12,13). The highest BCUT2D eigenvalue weighted by Crippen LogP contribution is 2.21. The number of nitrogens with zero attached hydrogens (tertiary/aromatic N) is 2. The maximum absolute atomic E-state index is 11.0. The summed E-state index contributed by atoms with van der Waals surface area (Å²) in [7, 11) is 0. The Labute approximate surface area is 91.3 Å². The molecule has 0 aromatic carbocycles. The van der Waals surface area contributed by atoms with Crippen molar-refractivity contribution >= 4 is 17.0 Å². The number of fused-ring (bicyclic) bond motifs is 1. The molecule has 0 aliphatic carbocycles. The predicted octanol–water partition coefficient (Wildman–Crippen LogP) is 1.44. The molecular formula is C10H11N3O3. The molecule has 2 rings (SSSR count). The van der Waals surface area contributed by atoms with Gasteiger partial charge in [-0.05, 0) is 19.9 Å². The van der Waals surface area contributed by atoms with Crippen molar-refractivity contribution in [2.45, 2.75) is 20.0 Å². The maximum atomic E-state index is 11.0. The van der Waals surface area contributed by atoms with E-state index in [1.165, 1.54) is 6.07 Å². The van der Waals surface area contributed by atoms with E-state index < -0.39 is 5.97 Å². The van der Waals surface area contributed by atoms with E-state index in [1.54, 1.807) is 6.20 Å². The third-order valence-corrected chi connectivity index (χ3v) is 1.96. The second kappa shape index (κ2) is 3.80. The van der Waals surface area contributed by atoms with Crippen LogP contribution in [-0.2, 0) is 0 Å². The molecule has 2 aromatic heterocycles. The van der Waals surface area contributed by atoms with Gasteiger partial charge in [-0.15, -0.1) is 0 Å². The molecule has 0 saturated carbocycles. The van der Waals surface area contributed by atoms with Crippen LogP contribution in [0.25, 0.3) is 11.0 Å². The lowest BCUT2D eigenvalue weighted by molar-refractivity contribution is 0.0689. The molecule has 6 heteroatoms. The van der Waals surface area contributed by atoms with Crippen LogP contribution in [-0.4, -0.2) is 32.4 Å². The van der Waals surface area contributed by atoms with Crippen molar-refractivity contribution in [3.05, 3.63) is 17.8 Å². The van der Waals surface area contributed by atoms with E-state index in [1.807, 2.05) is 13.8 Å². The zero-order chi connectivity index (χ0) is 11.7. The minimum Gasteiger partial charge on any atom is -0.477 e. The van der Waals surface area contributed by atoms with E-state index in [9.17, 15) is 4.79 Å². The maximum Gasteiger partial charge on any atom is 0.341 e. The summed E-state index contributed by atoms with van der Waals surface area (Å²) in [5, 5.41) is 16.2. The van der Waals surface area contributed by atoms with Gasteiger partial charge < -0.3 is 9.84 Å². The first-order chi connectivity index (χ1) is 7.58. The van der Waals surface area contributed by atoms with Gasteiger partial charge in [0, 0.05) is 11.6 Å².